The topological polar surface area (TPSA) is 113 Å². The Morgan fingerprint density at radius 2 is 1.88 bits per heavy atom. The SMILES string of the molecule is C#CCNC(CSSCC(N)C(=O)O)C(=O)O. The number of carbonyl (C=O) groups is 2. The number of carboxylic acids is 2. The van der Waals surface area contributed by atoms with Crippen LogP contribution in [0.2, 0.25) is 0 Å². The third-order valence-corrected chi connectivity index (χ3v) is 4.08. The van der Waals surface area contributed by atoms with Crippen LogP contribution in [0.1, 0.15) is 0 Å². The summed E-state index contributed by atoms with van der Waals surface area (Å²) in [6, 6.07) is -1.68. The van der Waals surface area contributed by atoms with Crippen LogP contribution < -0.4 is 11.1 Å². The van der Waals surface area contributed by atoms with E-state index in [0.29, 0.717) is 0 Å². The summed E-state index contributed by atoms with van der Waals surface area (Å²) in [5.74, 6) is 0.737. The Labute approximate surface area is 107 Å². The minimum atomic E-state index is -1.07. The van der Waals surface area contributed by atoms with E-state index < -0.39 is 24.0 Å². The van der Waals surface area contributed by atoms with Crippen molar-refractivity contribution in [3.05, 3.63) is 0 Å². The van der Waals surface area contributed by atoms with Gasteiger partial charge in [0, 0.05) is 11.5 Å². The fraction of sp³-hybridized carbons (Fsp3) is 0.556. The van der Waals surface area contributed by atoms with Crippen LogP contribution in [0.3, 0.4) is 0 Å². The highest BCUT2D eigenvalue weighted by Crippen LogP contribution is 2.22. The summed E-state index contributed by atoms with van der Waals surface area (Å²) < 4.78 is 0. The maximum atomic E-state index is 10.8. The molecule has 0 aromatic carbocycles. The molecule has 2 unspecified atom stereocenters. The molecule has 5 N–H and O–H groups in total. The molecule has 0 saturated heterocycles. The summed E-state index contributed by atoms with van der Waals surface area (Å²) in [5, 5.41) is 20.0. The highest BCUT2D eigenvalue weighted by Gasteiger charge is 2.17. The van der Waals surface area contributed by atoms with Gasteiger partial charge in [0.25, 0.3) is 0 Å². The molecule has 0 heterocycles. The zero-order valence-corrected chi connectivity index (χ0v) is 10.6. The largest absolute Gasteiger partial charge is 0.480 e. The highest BCUT2D eigenvalue weighted by molar-refractivity contribution is 8.76. The van der Waals surface area contributed by atoms with Crippen molar-refractivity contribution in [3.8, 4) is 12.3 Å². The number of hydrogen-bond acceptors (Lipinski definition) is 6. The molecule has 0 aliphatic heterocycles. The molecule has 8 heteroatoms. The van der Waals surface area contributed by atoms with Crippen LogP contribution in [-0.2, 0) is 9.59 Å². The number of nitrogens with two attached hydrogens (primary N) is 1. The van der Waals surface area contributed by atoms with Gasteiger partial charge in [0.15, 0.2) is 0 Å². The molecule has 0 aromatic heterocycles. The summed E-state index contributed by atoms with van der Waals surface area (Å²) >= 11 is 0. The molecular weight excluding hydrogens is 264 g/mol. The van der Waals surface area contributed by atoms with Crippen LogP contribution in [0.15, 0.2) is 0 Å². The number of rotatable bonds is 9. The van der Waals surface area contributed by atoms with E-state index in [9.17, 15) is 9.59 Å². The lowest BCUT2D eigenvalue weighted by Gasteiger charge is -2.12. The van der Waals surface area contributed by atoms with E-state index in [4.69, 9.17) is 22.4 Å². The molecule has 0 aliphatic rings. The van der Waals surface area contributed by atoms with Crippen molar-refractivity contribution in [1.82, 2.24) is 5.32 Å². The quantitative estimate of drug-likeness (QED) is 0.253. The molecule has 6 nitrogen and oxygen atoms in total. The summed E-state index contributed by atoms with van der Waals surface area (Å²) in [6.07, 6.45) is 5.01. The maximum absolute atomic E-state index is 10.8. The fourth-order valence-corrected chi connectivity index (χ4v) is 3.01. The van der Waals surface area contributed by atoms with E-state index >= 15 is 0 Å². The summed E-state index contributed by atoms with van der Waals surface area (Å²) in [7, 11) is 2.47. The van der Waals surface area contributed by atoms with E-state index in [1.54, 1.807) is 0 Å². The van der Waals surface area contributed by atoms with Crippen molar-refractivity contribution in [2.75, 3.05) is 18.1 Å². The smallest absolute Gasteiger partial charge is 0.321 e. The monoisotopic (exact) mass is 278 g/mol. The first-order valence-electron chi connectivity index (χ1n) is 4.61. The maximum Gasteiger partial charge on any atom is 0.321 e. The minimum Gasteiger partial charge on any atom is -0.480 e. The lowest BCUT2D eigenvalue weighted by Crippen LogP contribution is -2.38. The Morgan fingerprint density at radius 3 is 2.35 bits per heavy atom. The third-order valence-electron chi connectivity index (χ3n) is 1.63. The second-order valence-electron chi connectivity index (χ2n) is 2.99. The first-order chi connectivity index (χ1) is 7.99. The van der Waals surface area contributed by atoms with E-state index in [1.165, 1.54) is 21.6 Å². The fourth-order valence-electron chi connectivity index (χ4n) is 0.709. The van der Waals surface area contributed by atoms with Gasteiger partial charge in [-0.15, -0.1) is 6.42 Å². The van der Waals surface area contributed by atoms with Crippen LogP contribution in [0.5, 0.6) is 0 Å². The molecule has 0 radical (unpaired) electrons. The molecule has 0 fully saturated rings. The molecule has 0 amide bonds. The van der Waals surface area contributed by atoms with Gasteiger partial charge in [-0.3, -0.25) is 14.9 Å². The van der Waals surface area contributed by atoms with Crippen LogP contribution in [0, 0.1) is 12.3 Å². The predicted octanol–water partition coefficient (Wildman–Crippen LogP) is -0.544. The van der Waals surface area contributed by atoms with Gasteiger partial charge in [-0.1, -0.05) is 27.5 Å². The molecule has 0 rings (SSSR count). The summed E-state index contributed by atoms with van der Waals surface area (Å²) in [4.78, 5) is 21.2. The molecular formula is C9H14N2O4S2. The Bertz CT molecular complexity index is 306. The Balaban J connectivity index is 3.79. The van der Waals surface area contributed by atoms with Crippen molar-refractivity contribution in [1.29, 1.82) is 0 Å². The normalized spacial score (nSPS) is 13.6. The van der Waals surface area contributed by atoms with Crippen molar-refractivity contribution in [2.24, 2.45) is 5.73 Å². The molecule has 0 spiro atoms. The number of terminal acetylenes is 1. The number of hydrogen-bond donors (Lipinski definition) is 4. The van der Waals surface area contributed by atoms with Crippen LogP contribution >= 0.6 is 21.6 Å². The Kier molecular flexibility index (Phi) is 8.71. The van der Waals surface area contributed by atoms with Gasteiger partial charge >= 0.3 is 11.9 Å². The minimum absolute atomic E-state index is 0.177. The van der Waals surface area contributed by atoms with Crippen molar-refractivity contribution < 1.29 is 19.8 Å². The molecule has 17 heavy (non-hydrogen) atoms. The van der Waals surface area contributed by atoms with Gasteiger partial charge in [0.2, 0.25) is 0 Å². The first kappa shape index (κ1) is 16.1. The van der Waals surface area contributed by atoms with Gasteiger partial charge in [-0.05, 0) is 0 Å². The van der Waals surface area contributed by atoms with Gasteiger partial charge in [-0.25, -0.2) is 0 Å². The van der Waals surface area contributed by atoms with E-state index in [1.807, 2.05) is 0 Å². The van der Waals surface area contributed by atoms with E-state index in [-0.39, 0.29) is 18.1 Å². The van der Waals surface area contributed by atoms with Crippen molar-refractivity contribution in [3.63, 3.8) is 0 Å². The van der Waals surface area contributed by atoms with Crippen molar-refractivity contribution in [2.45, 2.75) is 12.1 Å². The second kappa shape index (κ2) is 9.18. The second-order valence-corrected chi connectivity index (χ2v) is 5.54. The van der Waals surface area contributed by atoms with Gasteiger partial charge in [0.05, 0.1) is 6.54 Å². The van der Waals surface area contributed by atoms with Crippen LogP contribution in [0.4, 0.5) is 0 Å². The third kappa shape index (κ3) is 7.93. The average Bonchev–Trinajstić information content (AvgIpc) is 2.27. The van der Waals surface area contributed by atoms with Crippen LogP contribution in [0.25, 0.3) is 0 Å². The summed E-state index contributed by atoms with van der Waals surface area (Å²) in [6.45, 7) is 0.177. The number of aliphatic carboxylic acids is 2. The van der Waals surface area contributed by atoms with Crippen molar-refractivity contribution >= 4 is 33.5 Å². The average molecular weight is 278 g/mol. The Hall–Kier alpha value is -0.880. The molecule has 0 aromatic rings. The highest BCUT2D eigenvalue weighted by atomic mass is 33.1. The standard InChI is InChI=1S/C9H14N2O4S2/c1-2-3-11-7(9(14)15)5-17-16-4-6(10)8(12)13/h1,6-7,11H,3-5,10H2,(H,12,13)(H,14,15). The number of nitrogens with one attached hydrogen (secondary N) is 1. The molecule has 2 atom stereocenters. The van der Waals surface area contributed by atoms with E-state index in [2.05, 4.69) is 11.2 Å². The van der Waals surface area contributed by atoms with E-state index in [0.717, 1.165) is 0 Å². The predicted molar refractivity (Wildman–Crippen MR) is 68.8 cm³/mol. The zero-order chi connectivity index (χ0) is 13.3. The number of carboxylic acid groups (broad SMARTS) is 2. The Morgan fingerprint density at radius 1 is 1.29 bits per heavy atom. The van der Waals surface area contributed by atoms with Gasteiger partial charge in [0.1, 0.15) is 12.1 Å². The lowest BCUT2D eigenvalue weighted by atomic mass is 10.3. The summed E-state index contributed by atoms with van der Waals surface area (Å²) in [5.41, 5.74) is 5.28. The molecule has 0 saturated carbocycles. The molecule has 96 valence electrons. The molecule has 0 bridgehead atoms. The van der Waals surface area contributed by atoms with Gasteiger partial charge < -0.3 is 15.9 Å². The lowest BCUT2D eigenvalue weighted by molar-refractivity contribution is -0.139. The van der Waals surface area contributed by atoms with Gasteiger partial charge in [-0.2, -0.15) is 0 Å². The zero-order valence-electron chi connectivity index (χ0n) is 8.96. The first-order valence-corrected chi connectivity index (χ1v) is 7.10. The van der Waals surface area contributed by atoms with Crippen LogP contribution in [-0.4, -0.2) is 52.3 Å². The molecule has 0 aliphatic carbocycles.